The summed E-state index contributed by atoms with van der Waals surface area (Å²) in [5, 5.41) is 18.5. The molecule has 2 aliphatic heterocycles. The van der Waals surface area contributed by atoms with Crippen LogP contribution < -0.4 is 5.32 Å². The molecular formula is C24H29N5O2. The second kappa shape index (κ2) is 7.73. The van der Waals surface area contributed by atoms with Crippen LogP contribution in [0.15, 0.2) is 42.6 Å². The number of fused-ring (bicyclic) bond motifs is 1. The number of aryl methyl sites for hydroxylation is 2. The Bertz CT molecular complexity index is 1100. The van der Waals surface area contributed by atoms with Crippen LogP contribution in [0.5, 0.6) is 0 Å². The normalized spacial score (nSPS) is 23.9. The van der Waals surface area contributed by atoms with Crippen LogP contribution in [-0.2, 0) is 11.3 Å². The fourth-order valence-corrected chi connectivity index (χ4v) is 5.21. The van der Waals surface area contributed by atoms with Crippen molar-refractivity contribution in [3.05, 3.63) is 65.1 Å². The third kappa shape index (κ3) is 3.62. The number of benzene rings is 1. The Kier molecular flexibility index (Phi) is 5.02. The van der Waals surface area contributed by atoms with E-state index in [0.717, 1.165) is 60.6 Å². The Morgan fingerprint density at radius 3 is 2.68 bits per heavy atom. The first kappa shape index (κ1) is 20.2. The highest BCUT2D eigenvalue weighted by molar-refractivity contribution is 5.84. The molecule has 162 valence electrons. The Hall–Kier alpha value is -2.77. The highest BCUT2D eigenvalue weighted by Crippen LogP contribution is 2.42. The zero-order valence-corrected chi connectivity index (χ0v) is 18.1. The zero-order valence-electron chi connectivity index (χ0n) is 18.1. The van der Waals surface area contributed by atoms with Gasteiger partial charge in [-0.3, -0.25) is 9.69 Å². The lowest BCUT2D eigenvalue weighted by Gasteiger charge is -2.46. The van der Waals surface area contributed by atoms with Gasteiger partial charge >= 0.3 is 0 Å². The molecule has 1 aromatic carbocycles. The molecule has 5 rings (SSSR count). The maximum Gasteiger partial charge on any atom is 0.226 e. The maximum atomic E-state index is 13.1. The number of amides is 1. The monoisotopic (exact) mass is 419 g/mol. The van der Waals surface area contributed by atoms with Gasteiger partial charge in [0.15, 0.2) is 5.65 Å². The number of nitrogens with zero attached hydrogens (tertiary/aromatic N) is 4. The molecule has 2 atom stereocenters. The van der Waals surface area contributed by atoms with E-state index in [1.807, 2.05) is 61.0 Å². The minimum atomic E-state index is -0.568. The lowest BCUT2D eigenvalue weighted by Crippen LogP contribution is -2.56. The second-order valence-corrected chi connectivity index (χ2v) is 9.13. The fourth-order valence-electron chi connectivity index (χ4n) is 5.21. The van der Waals surface area contributed by atoms with Crippen molar-refractivity contribution in [2.75, 3.05) is 13.1 Å². The third-order valence-electron chi connectivity index (χ3n) is 6.97. The van der Waals surface area contributed by atoms with Crippen molar-refractivity contribution in [3.8, 4) is 0 Å². The Morgan fingerprint density at radius 1 is 1.19 bits per heavy atom. The molecule has 0 unspecified atom stereocenters. The first-order valence-electron chi connectivity index (χ1n) is 11.0. The number of likely N-dealkylation sites (tertiary alicyclic amines) is 1. The minimum Gasteiger partial charge on any atom is -0.391 e. The topological polar surface area (TPSA) is 82.8 Å². The Labute approximate surface area is 182 Å². The van der Waals surface area contributed by atoms with Crippen molar-refractivity contribution >= 4 is 11.6 Å². The average molecular weight is 420 g/mol. The molecule has 2 aliphatic rings. The molecule has 2 N–H and O–H groups in total. The highest BCUT2D eigenvalue weighted by Gasteiger charge is 2.48. The number of hydrogen-bond donors (Lipinski definition) is 2. The third-order valence-corrected chi connectivity index (χ3v) is 6.97. The summed E-state index contributed by atoms with van der Waals surface area (Å²) >= 11 is 0. The maximum absolute atomic E-state index is 13.1. The van der Waals surface area contributed by atoms with Crippen LogP contribution in [0.2, 0.25) is 0 Å². The molecule has 1 spiro atoms. The Balaban J connectivity index is 1.27. The average Bonchev–Trinajstić information content (AvgIpc) is 3.16. The summed E-state index contributed by atoms with van der Waals surface area (Å²) in [6.07, 6.45) is 3.36. The van der Waals surface area contributed by atoms with E-state index in [0.29, 0.717) is 6.42 Å². The molecule has 2 saturated heterocycles. The van der Waals surface area contributed by atoms with E-state index in [2.05, 4.69) is 20.3 Å². The molecule has 0 aliphatic carbocycles. The van der Waals surface area contributed by atoms with Gasteiger partial charge in [-0.05, 0) is 57.8 Å². The number of aliphatic hydroxyl groups excluding tert-OH is 1. The molecule has 2 fully saturated rings. The standard InChI is InChI=1S/C24H29N5O2/c1-16-12-17(2)29-22(26-16)19(14-25-29)15-28-10-8-24(9-11-28)13-20(30)21(27-23(24)31)18-6-4-3-5-7-18/h3-7,12,14,20-21,30H,8-11,13,15H2,1-2H3,(H,27,31)/t20-,21+/m1/s1. The lowest BCUT2D eigenvalue weighted by atomic mass is 9.69. The zero-order chi connectivity index (χ0) is 21.6. The smallest absolute Gasteiger partial charge is 0.226 e. The van der Waals surface area contributed by atoms with Gasteiger partial charge in [-0.25, -0.2) is 9.50 Å². The number of rotatable bonds is 3. The quantitative estimate of drug-likeness (QED) is 0.682. The first-order valence-corrected chi connectivity index (χ1v) is 11.0. The van der Waals surface area contributed by atoms with Gasteiger partial charge in [-0.1, -0.05) is 30.3 Å². The molecule has 1 amide bonds. The number of piperidine rings is 2. The van der Waals surface area contributed by atoms with Crippen LogP contribution >= 0.6 is 0 Å². The van der Waals surface area contributed by atoms with Crippen LogP contribution in [0, 0.1) is 19.3 Å². The Morgan fingerprint density at radius 2 is 1.94 bits per heavy atom. The predicted molar refractivity (Wildman–Crippen MR) is 117 cm³/mol. The van der Waals surface area contributed by atoms with Crippen LogP contribution in [0.3, 0.4) is 0 Å². The fraction of sp³-hybridized carbons (Fsp3) is 0.458. The summed E-state index contributed by atoms with van der Waals surface area (Å²) in [5.74, 6) is 0.0789. The molecule has 7 heteroatoms. The minimum absolute atomic E-state index is 0.0789. The van der Waals surface area contributed by atoms with Crippen molar-refractivity contribution in [3.63, 3.8) is 0 Å². The summed E-state index contributed by atoms with van der Waals surface area (Å²) in [6, 6.07) is 11.5. The summed E-state index contributed by atoms with van der Waals surface area (Å²) in [5.41, 5.74) is 4.57. The molecule has 31 heavy (non-hydrogen) atoms. The van der Waals surface area contributed by atoms with Gasteiger partial charge < -0.3 is 10.4 Å². The van der Waals surface area contributed by atoms with E-state index in [1.165, 1.54) is 0 Å². The van der Waals surface area contributed by atoms with E-state index in [1.54, 1.807) is 0 Å². The van der Waals surface area contributed by atoms with E-state index in [9.17, 15) is 9.90 Å². The summed E-state index contributed by atoms with van der Waals surface area (Å²) in [6.45, 7) is 6.45. The highest BCUT2D eigenvalue weighted by atomic mass is 16.3. The lowest BCUT2D eigenvalue weighted by molar-refractivity contribution is -0.144. The van der Waals surface area contributed by atoms with Crippen molar-refractivity contribution in [2.45, 2.75) is 51.8 Å². The van der Waals surface area contributed by atoms with Crippen LogP contribution in [0.4, 0.5) is 0 Å². The molecule has 0 radical (unpaired) electrons. The molecule has 0 saturated carbocycles. The molecule has 3 aromatic rings. The van der Waals surface area contributed by atoms with E-state index >= 15 is 0 Å². The molecular weight excluding hydrogens is 390 g/mol. The van der Waals surface area contributed by atoms with Gasteiger partial charge in [0.1, 0.15) is 0 Å². The summed E-state index contributed by atoms with van der Waals surface area (Å²) < 4.78 is 1.89. The second-order valence-electron chi connectivity index (χ2n) is 9.13. The van der Waals surface area contributed by atoms with Crippen molar-refractivity contribution in [2.24, 2.45) is 5.41 Å². The van der Waals surface area contributed by atoms with Crippen LogP contribution in [-0.4, -0.2) is 49.7 Å². The van der Waals surface area contributed by atoms with Gasteiger partial charge in [0, 0.05) is 23.5 Å². The summed E-state index contributed by atoms with van der Waals surface area (Å²) in [7, 11) is 0. The van der Waals surface area contributed by atoms with Gasteiger partial charge in [-0.15, -0.1) is 0 Å². The van der Waals surface area contributed by atoms with Crippen LogP contribution in [0.25, 0.3) is 5.65 Å². The van der Waals surface area contributed by atoms with Crippen molar-refractivity contribution < 1.29 is 9.90 Å². The predicted octanol–water partition coefficient (Wildman–Crippen LogP) is 2.55. The number of hydrogen-bond acceptors (Lipinski definition) is 5. The first-order chi connectivity index (χ1) is 14.9. The SMILES string of the molecule is Cc1cc(C)n2ncc(CN3CCC4(CC3)C[C@@H](O)[C@H](c3ccccc3)NC4=O)c2n1. The van der Waals surface area contributed by atoms with Gasteiger partial charge in [0.25, 0.3) is 0 Å². The van der Waals surface area contributed by atoms with Crippen molar-refractivity contribution in [1.82, 2.24) is 24.8 Å². The largest absolute Gasteiger partial charge is 0.391 e. The number of aromatic nitrogens is 3. The van der Waals surface area contributed by atoms with Crippen molar-refractivity contribution in [1.29, 1.82) is 0 Å². The van der Waals surface area contributed by atoms with Gasteiger partial charge in [-0.2, -0.15) is 5.10 Å². The summed E-state index contributed by atoms with van der Waals surface area (Å²) in [4.78, 5) is 20.2. The van der Waals surface area contributed by atoms with Crippen LogP contribution in [0.1, 0.15) is 47.8 Å². The van der Waals surface area contributed by atoms with E-state index < -0.39 is 11.5 Å². The number of carbonyl (C=O) groups is 1. The van der Waals surface area contributed by atoms with E-state index in [-0.39, 0.29) is 11.9 Å². The number of carbonyl (C=O) groups excluding carboxylic acids is 1. The molecule has 4 heterocycles. The molecule has 0 bridgehead atoms. The number of aliphatic hydroxyl groups is 1. The molecule has 7 nitrogen and oxygen atoms in total. The number of nitrogens with one attached hydrogen (secondary N) is 1. The molecule has 2 aromatic heterocycles. The van der Waals surface area contributed by atoms with E-state index in [4.69, 9.17) is 0 Å². The van der Waals surface area contributed by atoms with Gasteiger partial charge in [0.2, 0.25) is 5.91 Å². The van der Waals surface area contributed by atoms with Gasteiger partial charge in [0.05, 0.1) is 23.8 Å².